The lowest BCUT2D eigenvalue weighted by Crippen LogP contribution is -1.84. The van der Waals surface area contributed by atoms with E-state index in [-0.39, 0.29) is 0 Å². The second-order valence-corrected chi connectivity index (χ2v) is 2.35. The highest BCUT2D eigenvalue weighted by Gasteiger charge is 1.90. The molecule has 0 radical (unpaired) electrons. The summed E-state index contributed by atoms with van der Waals surface area (Å²) in [5.74, 6) is 0. The number of hydrogen-bond acceptors (Lipinski definition) is 4. The van der Waals surface area contributed by atoms with E-state index in [9.17, 15) is 4.79 Å². The molecule has 1 aromatic heterocycles. The van der Waals surface area contributed by atoms with E-state index in [1.165, 1.54) is 11.3 Å². The van der Waals surface area contributed by atoms with Crippen LogP contribution in [-0.4, -0.2) is 11.5 Å². The van der Waals surface area contributed by atoms with Gasteiger partial charge in [-0.3, -0.25) is 9.78 Å². The fourth-order valence-corrected chi connectivity index (χ4v) is 0.944. The Hall–Kier alpha value is -0.900. The Morgan fingerprint density at radius 1 is 1.89 bits per heavy atom. The van der Waals surface area contributed by atoms with E-state index in [0.29, 0.717) is 13.1 Å². The normalized spacial score (nSPS) is 8.89. The van der Waals surface area contributed by atoms with Gasteiger partial charge in [-0.05, 0) is 0 Å². The Kier molecular flexibility index (Phi) is 2.21. The quantitative estimate of drug-likeness (QED) is 0.588. The van der Waals surface area contributed by atoms with Gasteiger partial charge in [0.25, 0.3) is 6.47 Å². The van der Waals surface area contributed by atoms with Crippen molar-refractivity contribution in [2.45, 2.75) is 6.61 Å². The second-order valence-electron chi connectivity index (χ2n) is 1.37. The van der Waals surface area contributed by atoms with Crippen LogP contribution in [0.3, 0.4) is 0 Å². The first-order valence-electron chi connectivity index (χ1n) is 2.36. The van der Waals surface area contributed by atoms with Gasteiger partial charge in [0.1, 0.15) is 6.61 Å². The molecule has 0 saturated carbocycles. The van der Waals surface area contributed by atoms with Gasteiger partial charge in [0.15, 0.2) is 0 Å². The van der Waals surface area contributed by atoms with E-state index in [1.807, 2.05) is 0 Å². The van der Waals surface area contributed by atoms with Gasteiger partial charge < -0.3 is 4.74 Å². The first kappa shape index (κ1) is 6.22. The van der Waals surface area contributed by atoms with E-state index in [1.54, 1.807) is 11.7 Å². The first-order valence-corrected chi connectivity index (χ1v) is 3.24. The molecule has 0 aliphatic heterocycles. The predicted octanol–water partition coefficient (Wildman–Crippen LogP) is 0.816. The molecule has 0 N–H and O–H groups in total. The zero-order valence-electron chi connectivity index (χ0n) is 4.61. The maximum Gasteiger partial charge on any atom is 0.293 e. The van der Waals surface area contributed by atoms with Crippen molar-refractivity contribution in [2.75, 3.05) is 0 Å². The van der Waals surface area contributed by atoms with Crippen molar-refractivity contribution in [2.24, 2.45) is 0 Å². The number of ether oxygens (including phenoxy) is 1. The molecule has 48 valence electrons. The van der Waals surface area contributed by atoms with Crippen LogP contribution in [0.2, 0.25) is 0 Å². The van der Waals surface area contributed by atoms with E-state index in [4.69, 9.17) is 0 Å². The molecule has 0 saturated heterocycles. The minimum absolute atomic E-state index is 0.341. The smallest absolute Gasteiger partial charge is 0.293 e. The highest BCUT2D eigenvalue weighted by Crippen LogP contribution is 2.05. The minimum Gasteiger partial charge on any atom is -0.462 e. The molecule has 1 rings (SSSR count). The van der Waals surface area contributed by atoms with Gasteiger partial charge >= 0.3 is 0 Å². The monoisotopic (exact) mass is 143 g/mol. The zero-order valence-corrected chi connectivity index (χ0v) is 5.43. The summed E-state index contributed by atoms with van der Waals surface area (Å²) in [4.78, 5) is 14.4. The SMILES string of the molecule is O=COCc1cncs1. The van der Waals surface area contributed by atoms with Crippen molar-refractivity contribution < 1.29 is 9.53 Å². The number of carbonyl (C=O) groups is 1. The van der Waals surface area contributed by atoms with Crippen LogP contribution in [0.5, 0.6) is 0 Å². The molecule has 0 aliphatic carbocycles. The van der Waals surface area contributed by atoms with Crippen molar-refractivity contribution in [3.05, 3.63) is 16.6 Å². The van der Waals surface area contributed by atoms with E-state index in [2.05, 4.69) is 9.72 Å². The standard InChI is InChI=1S/C5H5NO2S/c7-4-8-2-5-1-6-3-9-5/h1,3-4H,2H2. The summed E-state index contributed by atoms with van der Waals surface area (Å²) in [6, 6.07) is 0. The van der Waals surface area contributed by atoms with Crippen LogP contribution < -0.4 is 0 Å². The third kappa shape index (κ3) is 1.81. The maximum atomic E-state index is 9.66. The summed E-state index contributed by atoms with van der Waals surface area (Å²) in [6.07, 6.45) is 1.67. The van der Waals surface area contributed by atoms with Crippen LogP contribution in [0.1, 0.15) is 4.88 Å². The third-order valence-corrected chi connectivity index (χ3v) is 1.53. The van der Waals surface area contributed by atoms with Crippen LogP contribution in [0.4, 0.5) is 0 Å². The van der Waals surface area contributed by atoms with Gasteiger partial charge in [0, 0.05) is 6.20 Å². The second kappa shape index (κ2) is 3.19. The van der Waals surface area contributed by atoms with Gasteiger partial charge in [0.2, 0.25) is 0 Å². The van der Waals surface area contributed by atoms with Crippen molar-refractivity contribution >= 4 is 17.8 Å². The lowest BCUT2D eigenvalue weighted by Gasteiger charge is -1.89. The first-order chi connectivity index (χ1) is 4.43. The van der Waals surface area contributed by atoms with Crippen molar-refractivity contribution in [3.8, 4) is 0 Å². The highest BCUT2D eigenvalue weighted by atomic mass is 32.1. The predicted molar refractivity (Wildman–Crippen MR) is 33.0 cm³/mol. The summed E-state index contributed by atoms with van der Waals surface area (Å²) in [6.45, 7) is 0.772. The highest BCUT2D eigenvalue weighted by molar-refractivity contribution is 7.09. The number of carbonyl (C=O) groups excluding carboxylic acids is 1. The van der Waals surface area contributed by atoms with E-state index < -0.39 is 0 Å². The fourth-order valence-electron chi connectivity index (χ4n) is 0.430. The Morgan fingerprint density at radius 2 is 2.78 bits per heavy atom. The summed E-state index contributed by atoms with van der Waals surface area (Å²) < 4.78 is 4.47. The maximum absolute atomic E-state index is 9.66. The molecule has 0 aliphatic rings. The summed E-state index contributed by atoms with van der Waals surface area (Å²) >= 11 is 1.47. The Balaban J connectivity index is 2.38. The molecule has 0 bridgehead atoms. The molecule has 0 atom stereocenters. The van der Waals surface area contributed by atoms with Crippen LogP contribution in [-0.2, 0) is 16.1 Å². The molecule has 1 aromatic rings. The lowest BCUT2D eigenvalue weighted by molar-refractivity contribution is -0.129. The minimum atomic E-state index is 0.341. The van der Waals surface area contributed by atoms with Crippen LogP contribution in [0.25, 0.3) is 0 Å². The summed E-state index contributed by atoms with van der Waals surface area (Å²) in [7, 11) is 0. The lowest BCUT2D eigenvalue weighted by atomic mass is 10.6. The van der Waals surface area contributed by atoms with Gasteiger partial charge in [0.05, 0.1) is 10.4 Å². The molecule has 0 amide bonds. The van der Waals surface area contributed by atoms with Crippen molar-refractivity contribution in [3.63, 3.8) is 0 Å². The molecule has 1 heterocycles. The van der Waals surface area contributed by atoms with Gasteiger partial charge in [-0.2, -0.15) is 0 Å². The Morgan fingerprint density at radius 3 is 3.33 bits per heavy atom. The van der Waals surface area contributed by atoms with Gasteiger partial charge in [-0.15, -0.1) is 11.3 Å². The molecule has 4 heteroatoms. The molecule has 9 heavy (non-hydrogen) atoms. The number of thiazole rings is 1. The molecule has 0 unspecified atom stereocenters. The van der Waals surface area contributed by atoms with Crippen LogP contribution in [0, 0.1) is 0 Å². The van der Waals surface area contributed by atoms with Crippen LogP contribution in [0.15, 0.2) is 11.7 Å². The number of hydrogen-bond donors (Lipinski definition) is 0. The van der Waals surface area contributed by atoms with Crippen molar-refractivity contribution in [1.82, 2.24) is 4.98 Å². The topological polar surface area (TPSA) is 39.2 Å². The van der Waals surface area contributed by atoms with Gasteiger partial charge in [-0.25, -0.2) is 0 Å². The average Bonchev–Trinajstić information content (AvgIpc) is 2.34. The average molecular weight is 143 g/mol. The molecular weight excluding hydrogens is 138 g/mol. The molecule has 0 aromatic carbocycles. The molecule has 0 fully saturated rings. The Bertz CT molecular complexity index is 173. The Labute approximate surface area is 56.3 Å². The third-order valence-electron chi connectivity index (χ3n) is 0.777. The summed E-state index contributed by atoms with van der Waals surface area (Å²) in [5.41, 5.74) is 1.70. The fraction of sp³-hybridized carbons (Fsp3) is 0.200. The molecule has 3 nitrogen and oxygen atoms in total. The number of nitrogens with zero attached hydrogens (tertiary/aromatic N) is 1. The van der Waals surface area contributed by atoms with E-state index in [0.717, 1.165) is 4.88 Å². The molecular formula is C5H5NO2S. The summed E-state index contributed by atoms with van der Waals surface area (Å²) in [5, 5.41) is 0. The number of rotatable bonds is 3. The molecule has 0 spiro atoms. The largest absolute Gasteiger partial charge is 0.462 e. The number of aromatic nitrogens is 1. The van der Waals surface area contributed by atoms with E-state index >= 15 is 0 Å². The van der Waals surface area contributed by atoms with Crippen LogP contribution >= 0.6 is 11.3 Å². The zero-order chi connectivity index (χ0) is 6.53. The van der Waals surface area contributed by atoms with Gasteiger partial charge in [-0.1, -0.05) is 0 Å². The van der Waals surface area contributed by atoms with Crippen molar-refractivity contribution in [1.29, 1.82) is 0 Å².